The van der Waals surface area contributed by atoms with Crippen LogP contribution in [0.5, 0.6) is 0 Å². The van der Waals surface area contributed by atoms with E-state index >= 15 is 0 Å². The van der Waals surface area contributed by atoms with Crippen molar-refractivity contribution in [2.75, 3.05) is 38.5 Å². The summed E-state index contributed by atoms with van der Waals surface area (Å²) in [4.78, 5) is 17.5. The second-order valence-electron chi connectivity index (χ2n) is 9.94. The summed E-state index contributed by atoms with van der Waals surface area (Å²) in [5, 5.41) is 2.99. The van der Waals surface area contributed by atoms with Crippen LogP contribution < -0.4 is 10.8 Å². The van der Waals surface area contributed by atoms with Gasteiger partial charge in [0.2, 0.25) is 0 Å². The molecule has 0 saturated carbocycles. The van der Waals surface area contributed by atoms with Crippen LogP contribution in [0.2, 0.25) is 0 Å². The topological polar surface area (TPSA) is 54.0 Å². The van der Waals surface area contributed by atoms with E-state index in [-0.39, 0.29) is 17.1 Å². The van der Waals surface area contributed by atoms with Crippen LogP contribution in [-0.4, -0.2) is 67.3 Å². The first-order valence-electron chi connectivity index (χ1n) is 11.4. The van der Waals surface area contributed by atoms with Crippen LogP contribution in [0, 0.1) is 0 Å². The second kappa shape index (κ2) is 8.98. The maximum atomic E-state index is 12.7. The molecule has 0 unspecified atom stereocenters. The Morgan fingerprint density at radius 2 is 1.47 bits per heavy atom. The molecule has 2 aliphatic rings. The number of nitrogens with one attached hydrogen (secondary N) is 1. The van der Waals surface area contributed by atoms with Gasteiger partial charge in [-0.25, -0.2) is 0 Å². The van der Waals surface area contributed by atoms with E-state index < -0.39 is 7.12 Å². The number of carbonyl (C=O) groups excluding carboxylic acids is 1. The zero-order valence-electron chi connectivity index (χ0n) is 19.9. The van der Waals surface area contributed by atoms with Gasteiger partial charge in [-0.2, -0.15) is 0 Å². The van der Waals surface area contributed by atoms with E-state index in [1.807, 2.05) is 64.1 Å². The van der Waals surface area contributed by atoms with Gasteiger partial charge in [-0.1, -0.05) is 24.3 Å². The molecule has 0 aliphatic carbocycles. The lowest BCUT2D eigenvalue weighted by atomic mass is 9.79. The number of hydrogen-bond donors (Lipinski definition) is 1. The fourth-order valence-electron chi connectivity index (χ4n) is 3.93. The molecule has 2 aromatic carbocycles. The maximum Gasteiger partial charge on any atom is 0.494 e. The summed E-state index contributed by atoms with van der Waals surface area (Å²) >= 11 is 0. The predicted octanol–water partition coefficient (Wildman–Crippen LogP) is 2.99. The van der Waals surface area contributed by atoms with E-state index in [0.29, 0.717) is 5.56 Å². The van der Waals surface area contributed by atoms with Crippen molar-refractivity contribution in [3.63, 3.8) is 0 Å². The molecule has 32 heavy (non-hydrogen) atoms. The van der Waals surface area contributed by atoms with Crippen molar-refractivity contribution >= 4 is 24.2 Å². The van der Waals surface area contributed by atoms with Gasteiger partial charge in [0, 0.05) is 44.0 Å². The summed E-state index contributed by atoms with van der Waals surface area (Å²) in [6.45, 7) is 13.5. The lowest BCUT2D eigenvalue weighted by Crippen LogP contribution is -2.43. The van der Waals surface area contributed by atoms with Crippen molar-refractivity contribution in [3.05, 3.63) is 59.7 Å². The maximum absolute atomic E-state index is 12.7. The van der Waals surface area contributed by atoms with Crippen LogP contribution in [0.1, 0.15) is 43.6 Å². The number of amides is 1. The van der Waals surface area contributed by atoms with Gasteiger partial charge in [0.25, 0.3) is 5.91 Å². The smallest absolute Gasteiger partial charge is 0.399 e. The van der Waals surface area contributed by atoms with Gasteiger partial charge in [0.1, 0.15) is 0 Å². The summed E-state index contributed by atoms with van der Waals surface area (Å²) in [6, 6.07) is 15.6. The minimum Gasteiger partial charge on any atom is -0.399 e. The molecule has 1 N–H and O–H groups in total. The molecule has 2 saturated heterocycles. The largest absolute Gasteiger partial charge is 0.494 e. The van der Waals surface area contributed by atoms with Crippen LogP contribution in [0.3, 0.4) is 0 Å². The van der Waals surface area contributed by atoms with Crippen molar-refractivity contribution in [3.8, 4) is 0 Å². The fourth-order valence-corrected chi connectivity index (χ4v) is 3.93. The first-order chi connectivity index (χ1) is 15.1. The van der Waals surface area contributed by atoms with E-state index in [4.69, 9.17) is 9.31 Å². The number of nitrogens with zero attached hydrogens (tertiary/aromatic N) is 2. The third-order valence-corrected chi connectivity index (χ3v) is 6.91. The highest BCUT2D eigenvalue weighted by atomic mass is 16.7. The van der Waals surface area contributed by atoms with E-state index in [2.05, 4.69) is 34.3 Å². The van der Waals surface area contributed by atoms with Crippen molar-refractivity contribution in [2.45, 2.75) is 45.4 Å². The van der Waals surface area contributed by atoms with Crippen LogP contribution >= 0.6 is 0 Å². The molecule has 0 radical (unpaired) electrons. The molecule has 1 amide bonds. The highest BCUT2D eigenvalue weighted by Crippen LogP contribution is 2.36. The van der Waals surface area contributed by atoms with Gasteiger partial charge in [-0.15, -0.1) is 0 Å². The Morgan fingerprint density at radius 1 is 0.906 bits per heavy atom. The van der Waals surface area contributed by atoms with E-state index in [1.54, 1.807) is 0 Å². The predicted molar refractivity (Wildman–Crippen MR) is 129 cm³/mol. The van der Waals surface area contributed by atoms with E-state index in [1.165, 1.54) is 5.56 Å². The van der Waals surface area contributed by atoms with Crippen molar-refractivity contribution in [1.82, 2.24) is 9.80 Å². The molecule has 2 aromatic rings. The van der Waals surface area contributed by atoms with Crippen molar-refractivity contribution in [2.24, 2.45) is 0 Å². The third kappa shape index (κ3) is 5.07. The molecule has 2 fully saturated rings. The summed E-state index contributed by atoms with van der Waals surface area (Å²) in [6.07, 6.45) is 0. The summed E-state index contributed by atoms with van der Waals surface area (Å²) in [5.41, 5.74) is 2.81. The Balaban J connectivity index is 1.33. The Labute approximate surface area is 192 Å². The number of rotatable bonds is 5. The summed E-state index contributed by atoms with van der Waals surface area (Å²) in [7, 11) is 1.74. The zero-order chi connectivity index (χ0) is 22.9. The molecular formula is C25H34BN3O3. The minimum atomic E-state index is -0.426. The number of piperazine rings is 1. The SMILES string of the molecule is CN1CCN(Cc2ccc(NC(=O)c3ccc(B4OC(C)(C)C(C)(C)O4)cc3)cc2)CC1. The molecule has 4 rings (SSSR count). The molecule has 0 atom stereocenters. The molecular weight excluding hydrogens is 401 g/mol. The molecule has 170 valence electrons. The summed E-state index contributed by atoms with van der Waals surface area (Å²) < 4.78 is 12.2. The quantitative estimate of drug-likeness (QED) is 0.732. The molecule has 0 bridgehead atoms. The molecule has 7 heteroatoms. The normalized spacial score (nSPS) is 21.0. The van der Waals surface area contributed by atoms with Crippen LogP contribution in [0.4, 0.5) is 5.69 Å². The number of anilines is 1. The number of hydrogen-bond acceptors (Lipinski definition) is 5. The third-order valence-electron chi connectivity index (χ3n) is 6.91. The standard InChI is InChI=1S/C25H34BN3O3/c1-24(2)25(3,4)32-26(31-24)21-10-8-20(9-11-21)23(30)27-22-12-6-19(7-13-22)18-29-16-14-28(5)15-17-29/h6-13H,14-18H2,1-5H3,(H,27,30). The van der Waals surface area contributed by atoms with E-state index in [9.17, 15) is 4.79 Å². The fraction of sp³-hybridized carbons (Fsp3) is 0.480. The number of likely N-dealkylation sites (N-methyl/N-ethyl adjacent to an activating group) is 1. The Hall–Kier alpha value is -2.19. The number of benzene rings is 2. The first-order valence-corrected chi connectivity index (χ1v) is 11.4. The Kier molecular flexibility index (Phi) is 6.45. The van der Waals surface area contributed by atoms with Crippen LogP contribution in [-0.2, 0) is 15.9 Å². The minimum absolute atomic E-state index is 0.128. The van der Waals surface area contributed by atoms with Crippen molar-refractivity contribution < 1.29 is 14.1 Å². The average molecular weight is 435 g/mol. The lowest BCUT2D eigenvalue weighted by Gasteiger charge is -2.32. The van der Waals surface area contributed by atoms with Crippen LogP contribution in [0.25, 0.3) is 0 Å². The highest BCUT2D eigenvalue weighted by molar-refractivity contribution is 6.62. The van der Waals surface area contributed by atoms with Gasteiger partial charge in [-0.3, -0.25) is 9.69 Å². The molecule has 2 heterocycles. The molecule has 6 nitrogen and oxygen atoms in total. The summed E-state index contributed by atoms with van der Waals surface area (Å²) in [5.74, 6) is -0.128. The lowest BCUT2D eigenvalue weighted by molar-refractivity contribution is 0.00578. The average Bonchev–Trinajstić information content (AvgIpc) is 2.98. The van der Waals surface area contributed by atoms with Gasteiger partial charge in [-0.05, 0) is 70.0 Å². The van der Waals surface area contributed by atoms with Gasteiger partial charge in [0.15, 0.2) is 0 Å². The second-order valence-corrected chi connectivity index (χ2v) is 9.94. The molecule has 0 spiro atoms. The van der Waals surface area contributed by atoms with Gasteiger partial charge >= 0.3 is 7.12 Å². The molecule has 0 aromatic heterocycles. The van der Waals surface area contributed by atoms with Crippen molar-refractivity contribution in [1.29, 1.82) is 0 Å². The molecule has 2 aliphatic heterocycles. The monoisotopic (exact) mass is 435 g/mol. The van der Waals surface area contributed by atoms with Crippen LogP contribution in [0.15, 0.2) is 48.5 Å². The first kappa shape index (κ1) is 23.0. The highest BCUT2D eigenvalue weighted by Gasteiger charge is 2.51. The Morgan fingerprint density at radius 3 is 2.03 bits per heavy atom. The Bertz CT molecular complexity index is 920. The zero-order valence-corrected chi connectivity index (χ0v) is 19.9. The van der Waals surface area contributed by atoms with E-state index in [0.717, 1.165) is 43.9 Å². The van der Waals surface area contributed by atoms with Gasteiger partial charge in [0.05, 0.1) is 11.2 Å². The van der Waals surface area contributed by atoms with Gasteiger partial charge < -0.3 is 19.5 Å². The number of carbonyl (C=O) groups is 1.